The summed E-state index contributed by atoms with van der Waals surface area (Å²) >= 11 is 0. The molecule has 3 heteroatoms. The van der Waals surface area contributed by atoms with E-state index in [0.717, 1.165) is 28.9 Å². The Hall–Kier alpha value is -2.55. The highest BCUT2D eigenvalue weighted by atomic mass is 16.5. The van der Waals surface area contributed by atoms with Crippen LogP contribution < -0.4 is 10.1 Å². The van der Waals surface area contributed by atoms with Gasteiger partial charge in [-0.15, -0.1) is 0 Å². The van der Waals surface area contributed by atoms with Gasteiger partial charge in [0.15, 0.2) is 0 Å². The maximum absolute atomic E-state index is 12.4. The minimum absolute atomic E-state index is 0.0382. The normalized spacial score (nSPS) is 13.8. The number of ether oxygens (including phenoxy) is 1. The van der Waals surface area contributed by atoms with Crippen molar-refractivity contribution >= 4 is 11.5 Å². The average molecular weight is 335 g/mol. The lowest BCUT2D eigenvalue weighted by atomic mass is 10.0. The summed E-state index contributed by atoms with van der Waals surface area (Å²) in [7, 11) is 0. The Balaban J connectivity index is 1.52. The van der Waals surface area contributed by atoms with Crippen molar-refractivity contribution in [3.8, 4) is 5.75 Å². The topological polar surface area (TPSA) is 38.3 Å². The van der Waals surface area contributed by atoms with Gasteiger partial charge >= 0.3 is 0 Å². The van der Waals surface area contributed by atoms with Crippen LogP contribution in [-0.4, -0.2) is 18.6 Å². The summed E-state index contributed by atoms with van der Waals surface area (Å²) in [5.74, 6) is 0.955. The number of carbonyl (C=O) groups excluding carboxylic acids is 1. The highest BCUT2D eigenvalue weighted by molar-refractivity contribution is 5.90. The van der Waals surface area contributed by atoms with Gasteiger partial charge in [0.25, 0.3) is 0 Å². The molecule has 1 aliphatic carbocycles. The molecule has 0 spiro atoms. The first kappa shape index (κ1) is 17.3. The lowest BCUT2D eigenvalue weighted by molar-refractivity contribution is -0.120. The number of para-hydroxylation sites is 1. The third kappa shape index (κ3) is 4.11. The highest BCUT2D eigenvalue weighted by Crippen LogP contribution is 2.29. The van der Waals surface area contributed by atoms with Crippen molar-refractivity contribution in [2.75, 3.05) is 6.61 Å². The number of rotatable bonds is 6. The lowest BCUT2D eigenvalue weighted by Gasteiger charge is -2.18. The third-order valence-electron chi connectivity index (χ3n) is 4.58. The molecule has 25 heavy (non-hydrogen) atoms. The molecule has 1 N–H and O–H groups in total. The monoisotopic (exact) mass is 335 g/mol. The van der Waals surface area contributed by atoms with Gasteiger partial charge in [-0.1, -0.05) is 48.5 Å². The Kier molecular flexibility index (Phi) is 5.22. The van der Waals surface area contributed by atoms with Gasteiger partial charge in [-0.3, -0.25) is 4.79 Å². The van der Waals surface area contributed by atoms with Crippen LogP contribution in [0, 0.1) is 13.8 Å². The fraction of sp³-hybridized carbons (Fsp3) is 0.318. The van der Waals surface area contributed by atoms with Crippen molar-refractivity contribution in [3.05, 3.63) is 70.8 Å². The number of aryl methyl sites for hydroxylation is 2. The minimum Gasteiger partial charge on any atom is -0.491 e. The third-order valence-corrected chi connectivity index (χ3v) is 4.58. The van der Waals surface area contributed by atoms with Crippen molar-refractivity contribution in [1.29, 1.82) is 0 Å². The second-order valence-corrected chi connectivity index (χ2v) is 6.77. The number of allylic oxidation sites excluding steroid dienone is 1. The van der Waals surface area contributed by atoms with E-state index in [4.69, 9.17) is 4.74 Å². The Bertz CT molecular complexity index is 787. The van der Waals surface area contributed by atoms with Crippen LogP contribution in [0.4, 0.5) is 0 Å². The molecule has 0 aromatic heterocycles. The van der Waals surface area contributed by atoms with Gasteiger partial charge in [-0.25, -0.2) is 0 Å². The maximum atomic E-state index is 12.4. The van der Waals surface area contributed by atoms with Crippen molar-refractivity contribution in [2.45, 2.75) is 39.7 Å². The zero-order chi connectivity index (χ0) is 17.8. The molecule has 130 valence electrons. The molecule has 1 atom stereocenters. The standard InChI is InChI=1S/C22H25NO2/c1-15-7-6-8-16(2)22(15)25-14-17(3)23-21(24)13-19-12-11-18-9-4-5-10-20(18)19/h4-10,12,17H,11,13-14H2,1-3H3,(H,23,24). The molecule has 0 saturated heterocycles. The predicted molar refractivity (Wildman–Crippen MR) is 102 cm³/mol. The van der Waals surface area contributed by atoms with Gasteiger partial charge in [-0.05, 0) is 55.0 Å². The molecule has 0 heterocycles. The quantitative estimate of drug-likeness (QED) is 0.858. The summed E-state index contributed by atoms with van der Waals surface area (Å²) in [4.78, 5) is 12.4. The van der Waals surface area contributed by atoms with Crippen LogP contribution in [0.3, 0.4) is 0 Å². The largest absolute Gasteiger partial charge is 0.491 e. The Labute approximate surface area is 149 Å². The van der Waals surface area contributed by atoms with Crippen molar-refractivity contribution < 1.29 is 9.53 Å². The van der Waals surface area contributed by atoms with E-state index in [1.54, 1.807) is 0 Å². The minimum atomic E-state index is -0.0382. The first-order valence-corrected chi connectivity index (χ1v) is 8.80. The van der Waals surface area contributed by atoms with Gasteiger partial charge in [0.2, 0.25) is 5.91 Å². The van der Waals surface area contributed by atoms with Crippen molar-refractivity contribution in [2.24, 2.45) is 0 Å². The smallest absolute Gasteiger partial charge is 0.224 e. The number of carbonyl (C=O) groups is 1. The number of hydrogen-bond donors (Lipinski definition) is 1. The number of fused-ring (bicyclic) bond motifs is 1. The molecule has 3 rings (SSSR count). The number of nitrogens with one attached hydrogen (secondary N) is 1. The van der Waals surface area contributed by atoms with E-state index in [1.807, 2.05) is 51.1 Å². The first-order chi connectivity index (χ1) is 12.0. The highest BCUT2D eigenvalue weighted by Gasteiger charge is 2.17. The Morgan fingerprint density at radius 1 is 1.12 bits per heavy atom. The van der Waals surface area contributed by atoms with E-state index in [-0.39, 0.29) is 11.9 Å². The van der Waals surface area contributed by atoms with E-state index in [2.05, 4.69) is 23.5 Å². The molecule has 1 aliphatic rings. The predicted octanol–water partition coefficient (Wildman–Crippen LogP) is 4.22. The zero-order valence-electron chi connectivity index (χ0n) is 15.1. The molecule has 1 unspecified atom stereocenters. The second-order valence-electron chi connectivity index (χ2n) is 6.77. The first-order valence-electron chi connectivity index (χ1n) is 8.80. The molecular weight excluding hydrogens is 310 g/mol. The van der Waals surface area contributed by atoms with Crippen LogP contribution in [0.5, 0.6) is 5.75 Å². The summed E-state index contributed by atoms with van der Waals surface area (Å²) in [6, 6.07) is 14.3. The van der Waals surface area contributed by atoms with E-state index < -0.39 is 0 Å². The molecule has 0 aliphatic heterocycles. The molecule has 2 aromatic rings. The van der Waals surface area contributed by atoms with Gasteiger partial charge in [0, 0.05) is 0 Å². The van der Waals surface area contributed by atoms with Gasteiger partial charge < -0.3 is 10.1 Å². The molecule has 0 radical (unpaired) electrons. The fourth-order valence-electron chi connectivity index (χ4n) is 3.30. The Morgan fingerprint density at radius 3 is 2.60 bits per heavy atom. The molecule has 0 saturated carbocycles. The molecule has 0 bridgehead atoms. The lowest BCUT2D eigenvalue weighted by Crippen LogP contribution is -2.36. The summed E-state index contributed by atoms with van der Waals surface area (Å²) in [6.07, 6.45) is 3.50. The number of hydrogen-bond acceptors (Lipinski definition) is 2. The number of amides is 1. The summed E-state index contributed by atoms with van der Waals surface area (Å²) in [5.41, 5.74) is 5.86. The van der Waals surface area contributed by atoms with E-state index in [0.29, 0.717) is 13.0 Å². The van der Waals surface area contributed by atoms with E-state index >= 15 is 0 Å². The molecule has 0 fully saturated rings. The van der Waals surface area contributed by atoms with Crippen LogP contribution in [0.2, 0.25) is 0 Å². The van der Waals surface area contributed by atoms with Gasteiger partial charge in [0.05, 0.1) is 12.5 Å². The van der Waals surface area contributed by atoms with Gasteiger partial charge in [0.1, 0.15) is 12.4 Å². The SMILES string of the molecule is Cc1cccc(C)c1OCC(C)NC(=O)CC1=CCc2ccccc21. The van der Waals surface area contributed by atoms with Crippen LogP contribution in [0.1, 0.15) is 35.6 Å². The van der Waals surface area contributed by atoms with Crippen LogP contribution in [-0.2, 0) is 11.2 Å². The van der Waals surface area contributed by atoms with Crippen molar-refractivity contribution in [1.82, 2.24) is 5.32 Å². The molecule has 1 amide bonds. The maximum Gasteiger partial charge on any atom is 0.224 e. The molecule has 3 nitrogen and oxygen atoms in total. The summed E-state index contributed by atoms with van der Waals surface area (Å²) in [5, 5.41) is 3.04. The fourth-order valence-corrected chi connectivity index (χ4v) is 3.30. The van der Waals surface area contributed by atoms with Crippen LogP contribution in [0.25, 0.3) is 5.57 Å². The summed E-state index contributed by atoms with van der Waals surface area (Å²) in [6.45, 7) is 6.51. The van der Waals surface area contributed by atoms with E-state index in [1.165, 1.54) is 11.1 Å². The average Bonchev–Trinajstić information content (AvgIpc) is 2.97. The van der Waals surface area contributed by atoms with Crippen LogP contribution in [0.15, 0.2) is 48.5 Å². The number of benzene rings is 2. The second kappa shape index (κ2) is 7.56. The van der Waals surface area contributed by atoms with Gasteiger partial charge in [-0.2, -0.15) is 0 Å². The van der Waals surface area contributed by atoms with Crippen LogP contribution >= 0.6 is 0 Å². The van der Waals surface area contributed by atoms with Crippen molar-refractivity contribution in [3.63, 3.8) is 0 Å². The Morgan fingerprint density at radius 2 is 1.84 bits per heavy atom. The molecular formula is C22H25NO2. The zero-order valence-corrected chi connectivity index (χ0v) is 15.1. The van der Waals surface area contributed by atoms with E-state index in [9.17, 15) is 4.79 Å². The summed E-state index contributed by atoms with van der Waals surface area (Å²) < 4.78 is 5.93. The molecule has 2 aromatic carbocycles.